The summed E-state index contributed by atoms with van der Waals surface area (Å²) < 4.78 is 32.5. The molecule has 2 rings (SSSR count). The van der Waals surface area contributed by atoms with E-state index in [1.54, 1.807) is 19.2 Å². The molecule has 0 radical (unpaired) electrons. The molecule has 22 heavy (non-hydrogen) atoms. The number of nitrogens with zero attached hydrogens (tertiary/aromatic N) is 1. The van der Waals surface area contributed by atoms with Gasteiger partial charge in [-0.2, -0.15) is 0 Å². The van der Waals surface area contributed by atoms with Crippen LogP contribution >= 0.6 is 11.3 Å². The third-order valence-corrected chi connectivity index (χ3v) is 5.44. The maximum Gasteiger partial charge on any atom is 0.244 e. The molecular formula is C14H19N3O3S2. The molecule has 0 aliphatic carbocycles. The number of anilines is 1. The molecule has 0 bridgehead atoms. The minimum atomic E-state index is -3.61. The summed E-state index contributed by atoms with van der Waals surface area (Å²) in [6.45, 7) is 2.12. The first-order valence-electron chi connectivity index (χ1n) is 6.72. The highest BCUT2D eigenvalue weighted by Gasteiger charge is 2.19. The number of ether oxygens (including phenoxy) is 1. The fourth-order valence-electron chi connectivity index (χ4n) is 1.92. The maximum atomic E-state index is 12.4. The summed E-state index contributed by atoms with van der Waals surface area (Å²) in [5, 5.41) is 5.68. The number of aryl methyl sites for hydroxylation is 1. The number of aromatic nitrogens is 1. The van der Waals surface area contributed by atoms with Gasteiger partial charge in [0.05, 0.1) is 12.8 Å². The third-order valence-electron chi connectivity index (χ3n) is 3.05. The predicted octanol–water partition coefficient (Wildman–Crippen LogP) is 2.02. The number of thiazole rings is 1. The van der Waals surface area contributed by atoms with Crippen LogP contribution in [0.5, 0.6) is 5.75 Å². The van der Waals surface area contributed by atoms with Crippen molar-refractivity contribution >= 4 is 26.5 Å². The van der Waals surface area contributed by atoms with Crippen LogP contribution in [0.3, 0.4) is 0 Å². The maximum absolute atomic E-state index is 12.4. The van der Waals surface area contributed by atoms with Gasteiger partial charge >= 0.3 is 0 Å². The summed E-state index contributed by atoms with van der Waals surface area (Å²) in [7, 11) is -0.352. The van der Waals surface area contributed by atoms with E-state index < -0.39 is 10.0 Å². The summed E-state index contributed by atoms with van der Waals surface area (Å²) in [6.07, 6.45) is 0.533. The predicted molar refractivity (Wildman–Crippen MR) is 88.3 cm³/mol. The van der Waals surface area contributed by atoms with Gasteiger partial charge in [-0.15, -0.1) is 11.3 Å². The molecule has 120 valence electrons. The second kappa shape index (κ2) is 7.08. The van der Waals surface area contributed by atoms with Crippen LogP contribution in [0.15, 0.2) is 28.5 Å². The zero-order chi connectivity index (χ0) is 16.2. The van der Waals surface area contributed by atoms with Crippen LogP contribution in [0.1, 0.15) is 11.3 Å². The van der Waals surface area contributed by atoms with Gasteiger partial charge in [0.2, 0.25) is 10.0 Å². The zero-order valence-corrected chi connectivity index (χ0v) is 14.3. The molecular weight excluding hydrogens is 322 g/mol. The van der Waals surface area contributed by atoms with Gasteiger partial charge in [0, 0.05) is 25.4 Å². The first kappa shape index (κ1) is 16.7. The van der Waals surface area contributed by atoms with Crippen molar-refractivity contribution in [2.24, 2.45) is 0 Å². The van der Waals surface area contributed by atoms with Gasteiger partial charge < -0.3 is 10.1 Å². The van der Waals surface area contributed by atoms with Gasteiger partial charge in [0.1, 0.15) is 10.6 Å². The smallest absolute Gasteiger partial charge is 0.244 e. The molecule has 0 saturated carbocycles. The Hall–Kier alpha value is -1.64. The van der Waals surface area contributed by atoms with Crippen molar-refractivity contribution in [2.75, 3.05) is 26.0 Å². The van der Waals surface area contributed by atoms with Crippen LogP contribution < -0.4 is 14.8 Å². The Bertz CT molecular complexity index is 742. The van der Waals surface area contributed by atoms with E-state index >= 15 is 0 Å². The summed E-state index contributed by atoms with van der Waals surface area (Å²) in [6, 6.07) is 5.07. The molecule has 0 unspecified atom stereocenters. The molecule has 1 heterocycles. The highest BCUT2D eigenvalue weighted by molar-refractivity contribution is 7.89. The summed E-state index contributed by atoms with van der Waals surface area (Å²) in [4.78, 5) is 4.47. The van der Waals surface area contributed by atoms with Crippen molar-refractivity contribution in [2.45, 2.75) is 18.2 Å². The first-order valence-corrected chi connectivity index (χ1v) is 9.09. The number of benzene rings is 1. The van der Waals surface area contributed by atoms with Crippen LogP contribution in [-0.4, -0.2) is 34.1 Å². The second-order valence-electron chi connectivity index (χ2n) is 4.70. The van der Waals surface area contributed by atoms with Crippen molar-refractivity contribution in [1.82, 2.24) is 9.71 Å². The van der Waals surface area contributed by atoms with Crippen molar-refractivity contribution < 1.29 is 13.2 Å². The molecule has 2 N–H and O–H groups in total. The van der Waals surface area contributed by atoms with Crippen molar-refractivity contribution in [3.8, 4) is 5.75 Å². The lowest BCUT2D eigenvalue weighted by Crippen LogP contribution is -2.26. The third kappa shape index (κ3) is 3.96. The Kier molecular flexibility index (Phi) is 5.38. The molecule has 2 aromatic rings. The van der Waals surface area contributed by atoms with Crippen molar-refractivity contribution in [3.63, 3.8) is 0 Å². The molecule has 0 spiro atoms. The van der Waals surface area contributed by atoms with Gasteiger partial charge in [-0.1, -0.05) is 6.07 Å². The van der Waals surface area contributed by atoms with E-state index in [1.165, 1.54) is 18.4 Å². The molecule has 0 aliphatic rings. The Labute approximate surface area is 134 Å². The van der Waals surface area contributed by atoms with E-state index in [9.17, 15) is 8.42 Å². The first-order chi connectivity index (χ1) is 10.5. The van der Waals surface area contributed by atoms with Crippen molar-refractivity contribution in [3.05, 3.63) is 34.8 Å². The molecule has 0 aliphatic heterocycles. The summed E-state index contributed by atoms with van der Waals surface area (Å²) >= 11 is 1.49. The van der Waals surface area contributed by atoms with E-state index in [0.717, 1.165) is 16.4 Å². The van der Waals surface area contributed by atoms with E-state index in [-0.39, 0.29) is 11.4 Å². The Morgan fingerprint density at radius 2 is 2.14 bits per heavy atom. The lowest BCUT2D eigenvalue weighted by Gasteiger charge is -2.11. The monoisotopic (exact) mass is 341 g/mol. The normalized spacial score (nSPS) is 11.4. The van der Waals surface area contributed by atoms with Gasteiger partial charge in [-0.3, -0.25) is 0 Å². The molecule has 0 amide bonds. The van der Waals surface area contributed by atoms with Crippen LogP contribution in [-0.2, 0) is 16.4 Å². The average molecular weight is 341 g/mol. The zero-order valence-electron chi connectivity index (χ0n) is 12.7. The van der Waals surface area contributed by atoms with E-state index in [4.69, 9.17) is 4.74 Å². The van der Waals surface area contributed by atoms with Crippen LogP contribution in [0, 0.1) is 6.92 Å². The molecule has 1 aromatic heterocycles. The largest absolute Gasteiger partial charge is 0.495 e. The Morgan fingerprint density at radius 3 is 2.77 bits per heavy atom. The minimum absolute atomic E-state index is 0.157. The molecule has 0 atom stereocenters. The van der Waals surface area contributed by atoms with Crippen molar-refractivity contribution in [1.29, 1.82) is 0 Å². The standard InChI is InChI=1S/C14H19N3O3S2/c1-10-4-5-12(20-3)13(8-10)22(18,19)16-7-6-11-9-21-14(15-2)17-11/h4-5,8-9,16H,6-7H2,1-3H3,(H,15,17). The molecule has 6 nitrogen and oxygen atoms in total. The summed E-state index contributed by atoms with van der Waals surface area (Å²) in [5.74, 6) is 0.337. The van der Waals surface area contributed by atoms with Gasteiger partial charge in [0.25, 0.3) is 0 Å². The average Bonchev–Trinajstić information content (AvgIpc) is 2.95. The van der Waals surface area contributed by atoms with Gasteiger partial charge in [-0.25, -0.2) is 18.1 Å². The number of methoxy groups -OCH3 is 1. The van der Waals surface area contributed by atoms with E-state index in [0.29, 0.717) is 12.2 Å². The molecule has 8 heteroatoms. The summed E-state index contributed by atoms with van der Waals surface area (Å²) in [5.41, 5.74) is 1.72. The lowest BCUT2D eigenvalue weighted by atomic mass is 10.2. The lowest BCUT2D eigenvalue weighted by molar-refractivity contribution is 0.402. The highest BCUT2D eigenvalue weighted by atomic mass is 32.2. The second-order valence-corrected chi connectivity index (χ2v) is 7.29. The SMILES string of the molecule is CNc1nc(CCNS(=O)(=O)c2cc(C)ccc2OC)cs1. The topological polar surface area (TPSA) is 80.3 Å². The number of hydrogen-bond donors (Lipinski definition) is 2. The quantitative estimate of drug-likeness (QED) is 0.805. The highest BCUT2D eigenvalue weighted by Crippen LogP contribution is 2.24. The number of hydrogen-bond acceptors (Lipinski definition) is 6. The van der Waals surface area contributed by atoms with E-state index in [2.05, 4.69) is 15.0 Å². The number of nitrogens with one attached hydrogen (secondary N) is 2. The van der Waals surface area contributed by atoms with Crippen LogP contribution in [0.4, 0.5) is 5.13 Å². The molecule has 0 fully saturated rings. The fourth-order valence-corrected chi connectivity index (χ4v) is 3.91. The number of rotatable bonds is 7. The molecule has 1 aromatic carbocycles. The van der Waals surface area contributed by atoms with Crippen LogP contribution in [0.2, 0.25) is 0 Å². The number of sulfonamides is 1. The fraction of sp³-hybridized carbons (Fsp3) is 0.357. The van der Waals surface area contributed by atoms with Crippen LogP contribution in [0.25, 0.3) is 0 Å². The Balaban J connectivity index is 2.06. The van der Waals surface area contributed by atoms with E-state index in [1.807, 2.05) is 18.4 Å². The molecule has 0 saturated heterocycles. The minimum Gasteiger partial charge on any atom is -0.495 e. The van der Waals surface area contributed by atoms with Gasteiger partial charge in [0.15, 0.2) is 5.13 Å². The van der Waals surface area contributed by atoms with Gasteiger partial charge in [-0.05, 0) is 24.6 Å². The Morgan fingerprint density at radius 1 is 1.36 bits per heavy atom.